The summed E-state index contributed by atoms with van der Waals surface area (Å²) >= 11 is 0. The first-order valence-electron chi connectivity index (χ1n) is 9.57. The molecule has 158 valence electrons. The molecule has 0 saturated carbocycles. The average Bonchev–Trinajstić information content (AvgIpc) is 3.11. The van der Waals surface area contributed by atoms with Crippen molar-refractivity contribution in [3.05, 3.63) is 65.0 Å². The molecule has 0 fully saturated rings. The molecule has 1 heterocycles. The van der Waals surface area contributed by atoms with Crippen molar-refractivity contribution >= 4 is 22.9 Å². The van der Waals surface area contributed by atoms with E-state index in [9.17, 15) is 18.4 Å². The zero-order chi connectivity index (χ0) is 21.8. The molecule has 8 heteroatoms. The third kappa shape index (κ3) is 5.20. The molecular formula is C22H23F2N3O3. The number of halogens is 2. The molecule has 6 nitrogen and oxygen atoms in total. The number of carbonyl (C=O) groups excluding carboxylic acids is 2. The minimum absolute atomic E-state index is 0.0329. The molecule has 0 aliphatic heterocycles. The first kappa shape index (κ1) is 21.4. The van der Waals surface area contributed by atoms with Gasteiger partial charge in [0.15, 0.2) is 5.82 Å². The van der Waals surface area contributed by atoms with Crippen molar-refractivity contribution in [2.24, 2.45) is 0 Å². The van der Waals surface area contributed by atoms with Crippen LogP contribution in [0.4, 0.5) is 8.78 Å². The summed E-state index contributed by atoms with van der Waals surface area (Å²) in [7, 11) is 0. The highest BCUT2D eigenvalue weighted by molar-refractivity contribution is 5.97. The lowest BCUT2D eigenvalue weighted by molar-refractivity contribution is -0.147. The predicted octanol–water partition coefficient (Wildman–Crippen LogP) is 4.62. The highest BCUT2D eigenvalue weighted by atomic mass is 19.3. The van der Waals surface area contributed by atoms with Gasteiger partial charge in [0, 0.05) is 5.56 Å². The van der Waals surface area contributed by atoms with Gasteiger partial charge < -0.3 is 15.0 Å². The number of nitrogens with zero attached hydrogens (tertiary/aromatic N) is 1. The molecule has 1 amide bonds. The maximum Gasteiger partial charge on any atom is 0.308 e. The number of carbonyl (C=O) groups is 2. The fraction of sp³-hybridized carbons (Fsp3) is 0.318. The monoisotopic (exact) mass is 415 g/mol. The average molecular weight is 415 g/mol. The van der Waals surface area contributed by atoms with E-state index in [1.54, 1.807) is 13.8 Å². The Morgan fingerprint density at radius 1 is 1.13 bits per heavy atom. The number of amides is 1. The number of fused-ring (bicyclic) bond motifs is 1. The van der Waals surface area contributed by atoms with Crippen LogP contribution in [0.2, 0.25) is 0 Å². The second-order valence-electron chi connectivity index (χ2n) is 7.33. The molecule has 3 aromatic rings. The molecule has 0 spiro atoms. The van der Waals surface area contributed by atoms with Gasteiger partial charge in [-0.2, -0.15) is 0 Å². The number of hydrogen-bond donors (Lipinski definition) is 2. The van der Waals surface area contributed by atoms with Crippen LogP contribution in [-0.2, 0) is 9.53 Å². The number of aryl methyl sites for hydroxylation is 1. The van der Waals surface area contributed by atoms with Gasteiger partial charge in [-0.05, 0) is 44.5 Å². The molecule has 0 saturated heterocycles. The maximum atomic E-state index is 12.8. The van der Waals surface area contributed by atoms with E-state index >= 15 is 0 Å². The quantitative estimate of drug-likeness (QED) is 0.552. The summed E-state index contributed by atoms with van der Waals surface area (Å²) < 4.78 is 30.9. The third-order valence-corrected chi connectivity index (χ3v) is 4.49. The number of ether oxygens (including phenoxy) is 1. The number of nitrogens with one attached hydrogen (secondary N) is 2. The van der Waals surface area contributed by atoms with Crippen LogP contribution in [0.5, 0.6) is 0 Å². The zero-order valence-electron chi connectivity index (χ0n) is 16.9. The standard InChI is InChI=1S/C22H23F2N3O3/c1-12(2)30-19(28)11-17(14-6-4-13(3)5-7-14)27-22(29)15-8-9-16-18(10-15)26-21(25-16)20(23)24/h4-10,12,17,20H,11H2,1-3H3,(H,25,26)(H,27,29). The lowest BCUT2D eigenvalue weighted by Crippen LogP contribution is -2.31. The molecule has 1 unspecified atom stereocenters. The molecule has 1 atom stereocenters. The van der Waals surface area contributed by atoms with Crippen molar-refractivity contribution in [3.63, 3.8) is 0 Å². The van der Waals surface area contributed by atoms with Crippen LogP contribution in [0.15, 0.2) is 42.5 Å². The van der Waals surface area contributed by atoms with Crippen LogP contribution in [0.25, 0.3) is 11.0 Å². The summed E-state index contributed by atoms with van der Waals surface area (Å²) in [4.78, 5) is 31.4. The Morgan fingerprint density at radius 3 is 2.47 bits per heavy atom. The Hall–Kier alpha value is -3.29. The summed E-state index contributed by atoms with van der Waals surface area (Å²) in [5.41, 5.74) is 2.76. The smallest absolute Gasteiger partial charge is 0.308 e. The van der Waals surface area contributed by atoms with Crippen LogP contribution in [0.3, 0.4) is 0 Å². The molecule has 1 aromatic heterocycles. The normalized spacial score (nSPS) is 12.4. The number of aromatic amines is 1. The van der Waals surface area contributed by atoms with Crippen LogP contribution >= 0.6 is 0 Å². The van der Waals surface area contributed by atoms with Crippen molar-refractivity contribution in [2.45, 2.75) is 45.8 Å². The minimum atomic E-state index is -2.73. The summed E-state index contributed by atoms with van der Waals surface area (Å²) in [6.45, 7) is 5.45. The molecule has 3 rings (SSSR count). The van der Waals surface area contributed by atoms with Crippen molar-refractivity contribution in [3.8, 4) is 0 Å². The van der Waals surface area contributed by atoms with E-state index < -0.39 is 30.2 Å². The molecule has 2 N–H and O–H groups in total. The second kappa shape index (κ2) is 9.02. The van der Waals surface area contributed by atoms with Gasteiger partial charge in [0.25, 0.3) is 12.3 Å². The van der Waals surface area contributed by atoms with E-state index in [1.807, 2.05) is 31.2 Å². The van der Waals surface area contributed by atoms with Crippen LogP contribution in [0.1, 0.15) is 60.0 Å². The first-order valence-corrected chi connectivity index (χ1v) is 9.57. The Labute approximate surface area is 172 Å². The molecule has 0 bridgehead atoms. The molecule has 0 aliphatic carbocycles. The molecule has 30 heavy (non-hydrogen) atoms. The number of alkyl halides is 2. The predicted molar refractivity (Wildman–Crippen MR) is 108 cm³/mol. The number of aromatic nitrogens is 2. The van der Waals surface area contributed by atoms with Crippen LogP contribution in [-0.4, -0.2) is 27.9 Å². The van der Waals surface area contributed by atoms with E-state index in [4.69, 9.17) is 4.74 Å². The summed E-state index contributed by atoms with van der Waals surface area (Å²) in [5, 5.41) is 2.85. The maximum absolute atomic E-state index is 12.8. The van der Waals surface area contributed by atoms with E-state index in [0.717, 1.165) is 11.1 Å². The summed E-state index contributed by atoms with van der Waals surface area (Å²) in [6, 6.07) is 11.3. The number of benzene rings is 2. The lowest BCUT2D eigenvalue weighted by Gasteiger charge is -2.20. The van der Waals surface area contributed by atoms with Gasteiger partial charge in [-0.25, -0.2) is 13.8 Å². The van der Waals surface area contributed by atoms with Crippen molar-refractivity contribution in [1.29, 1.82) is 0 Å². The van der Waals surface area contributed by atoms with Gasteiger partial charge in [-0.1, -0.05) is 29.8 Å². The molecular weight excluding hydrogens is 392 g/mol. The number of esters is 1. The Morgan fingerprint density at radius 2 is 1.83 bits per heavy atom. The van der Waals surface area contributed by atoms with Crippen molar-refractivity contribution < 1.29 is 23.1 Å². The van der Waals surface area contributed by atoms with Gasteiger partial charge in [-0.15, -0.1) is 0 Å². The zero-order valence-corrected chi connectivity index (χ0v) is 16.9. The van der Waals surface area contributed by atoms with Gasteiger partial charge in [0.2, 0.25) is 0 Å². The summed E-state index contributed by atoms with van der Waals surface area (Å²) in [6.07, 6.45) is -3.03. The van der Waals surface area contributed by atoms with Gasteiger partial charge >= 0.3 is 5.97 Å². The van der Waals surface area contributed by atoms with Crippen molar-refractivity contribution in [2.75, 3.05) is 0 Å². The first-order chi connectivity index (χ1) is 14.2. The van der Waals surface area contributed by atoms with Crippen LogP contribution in [0, 0.1) is 6.92 Å². The molecule has 2 aromatic carbocycles. The number of rotatable bonds is 7. The molecule has 0 radical (unpaired) electrons. The van der Waals surface area contributed by atoms with Crippen molar-refractivity contribution in [1.82, 2.24) is 15.3 Å². The lowest BCUT2D eigenvalue weighted by atomic mass is 10.0. The Kier molecular flexibility index (Phi) is 6.44. The Balaban J connectivity index is 1.83. The largest absolute Gasteiger partial charge is 0.463 e. The third-order valence-electron chi connectivity index (χ3n) is 4.49. The minimum Gasteiger partial charge on any atom is -0.463 e. The highest BCUT2D eigenvalue weighted by Gasteiger charge is 2.21. The SMILES string of the molecule is Cc1ccc(C(CC(=O)OC(C)C)NC(=O)c2ccc3nc(C(F)F)[nH]c3c2)cc1. The van der Waals surface area contributed by atoms with Gasteiger partial charge in [-0.3, -0.25) is 9.59 Å². The van der Waals surface area contributed by atoms with Gasteiger partial charge in [0.1, 0.15) is 0 Å². The topological polar surface area (TPSA) is 84.1 Å². The van der Waals surface area contributed by atoms with Crippen LogP contribution < -0.4 is 5.32 Å². The molecule has 0 aliphatic rings. The van der Waals surface area contributed by atoms with E-state index in [1.165, 1.54) is 18.2 Å². The fourth-order valence-corrected chi connectivity index (χ4v) is 3.04. The van der Waals surface area contributed by atoms with E-state index in [2.05, 4.69) is 15.3 Å². The number of H-pyrrole nitrogens is 1. The Bertz CT molecular complexity index is 1050. The number of hydrogen-bond acceptors (Lipinski definition) is 4. The van der Waals surface area contributed by atoms with E-state index in [0.29, 0.717) is 11.0 Å². The van der Waals surface area contributed by atoms with Gasteiger partial charge in [0.05, 0.1) is 29.6 Å². The summed E-state index contributed by atoms with van der Waals surface area (Å²) in [5.74, 6) is -1.31. The van der Waals surface area contributed by atoms with E-state index in [-0.39, 0.29) is 18.1 Å². The number of imidazole rings is 1. The fourth-order valence-electron chi connectivity index (χ4n) is 3.04. The second-order valence-corrected chi connectivity index (χ2v) is 7.33. The highest BCUT2D eigenvalue weighted by Crippen LogP contribution is 2.22.